The monoisotopic (exact) mass is 495 g/mol. The van der Waals surface area contributed by atoms with Gasteiger partial charge in [0.05, 0.1) is 5.69 Å². The number of amides is 1. The SMILES string of the molecule is Cc1ccccc1N1CCN(c2nccn3c(=O)n(CC(=O)Nc4ccc(Cl)cc4F)nc23)CC1. The van der Waals surface area contributed by atoms with Gasteiger partial charge in [-0.3, -0.25) is 4.79 Å². The molecule has 0 atom stereocenters. The highest BCUT2D eigenvalue weighted by Crippen LogP contribution is 2.24. The molecule has 1 saturated heterocycles. The Labute approximate surface area is 205 Å². The number of nitrogens with zero attached hydrogens (tertiary/aromatic N) is 6. The zero-order valence-electron chi connectivity index (χ0n) is 19.0. The molecule has 1 aliphatic heterocycles. The number of aromatic nitrogens is 4. The fourth-order valence-corrected chi connectivity index (χ4v) is 4.41. The van der Waals surface area contributed by atoms with Gasteiger partial charge in [0.15, 0.2) is 5.82 Å². The minimum Gasteiger partial charge on any atom is -0.368 e. The van der Waals surface area contributed by atoms with Crippen LogP contribution in [0.15, 0.2) is 59.7 Å². The van der Waals surface area contributed by atoms with E-state index in [1.165, 1.54) is 34.0 Å². The van der Waals surface area contributed by atoms with E-state index >= 15 is 0 Å². The standard InChI is InChI=1S/C24H23ClFN7O2/c1-16-4-2-3-5-20(16)30-10-12-31(13-11-30)22-23-29-33(24(35)32(23)9-8-27-22)15-21(34)28-19-7-6-17(25)14-18(19)26/h2-9,14H,10-13,15H2,1H3,(H,28,34). The molecule has 180 valence electrons. The van der Waals surface area contributed by atoms with Crippen LogP contribution in [0.5, 0.6) is 0 Å². The van der Waals surface area contributed by atoms with Gasteiger partial charge >= 0.3 is 5.69 Å². The van der Waals surface area contributed by atoms with E-state index in [1.54, 1.807) is 6.20 Å². The summed E-state index contributed by atoms with van der Waals surface area (Å²) in [6.45, 7) is 4.74. The maximum Gasteiger partial charge on any atom is 0.350 e. The first-order valence-electron chi connectivity index (χ1n) is 11.2. The molecule has 35 heavy (non-hydrogen) atoms. The normalized spacial score (nSPS) is 13.9. The number of para-hydroxylation sites is 1. The summed E-state index contributed by atoms with van der Waals surface area (Å²) in [5.41, 5.74) is 2.30. The summed E-state index contributed by atoms with van der Waals surface area (Å²) in [6.07, 6.45) is 3.07. The van der Waals surface area contributed by atoms with Crippen LogP contribution in [-0.2, 0) is 11.3 Å². The Morgan fingerprint density at radius 2 is 1.86 bits per heavy atom. The highest BCUT2D eigenvalue weighted by molar-refractivity contribution is 6.30. The maximum absolute atomic E-state index is 14.0. The van der Waals surface area contributed by atoms with Crippen molar-refractivity contribution in [3.63, 3.8) is 0 Å². The molecule has 0 aliphatic carbocycles. The Hall–Kier alpha value is -3.92. The van der Waals surface area contributed by atoms with Crippen LogP contribution < -0.4 is 20.8 Å². The molecule has 4 aromatic rings. The number of piperazine rings is 1. The third-order valence-corrected chi connectivity index (χ3v) is 6.25. The van der Waals surface area contributed by atoms with E-state index in [4.69, 9.17) is 11.6 Å². The smallest absolute Gasteiger partial charge is 0.350 e. The number of nitrogens with one attached hydrogen (secondary N) is 1. The first-order chi connectivity index (χ1) is 16.9. The lowest BCUT2D eigenvalue weighted by Gasteiger charge is -2.37. The van der Waals surface area contributed by atoms with Gasteiger partial charge in [-0.2, -0.15) is 0 Å². The molecular formula is C24H23ClFN7O2. The van der Waals surface area contributed by atoms with Crippen molar-refractivity contribution in [3.05, 3.63) is 81.7 Å². The Bertz CT molecular complexity index is 1460. The van der Waals surface area contributed by atoms with Crippen molar-refractivity contribution in [2.75, 3.05) is 41.3 Å². The van der Waals surface area contributed by atoms with Gasteiger partial charge < -0.3 is 15.1 Å². The molecule has 1 amide bonds. The van der Waals surface area contributed by atoms with Gasteiger partial charge in [-0.1, -0.05) is 29.8 Å². The summed E-state index contributed by atoms with van der Waals surface area (Å²) in [5, 5.41) is 7.04. The molecular weight excluding hydrogens is 473 g/mol. The van der Waals surface area contributed by atoms with Crippen LogP contribution in [0.4, 0.5) is 21.6 Å². The topological polar surface area (TPSA) is 87.8 Å². The van der Waals surface area contributed by atoms with Gasteiger partial charge in [-0.25, -0.2) is 23.3 Å². The summed E-state index contributed by atoms with van der Waals surface area (Å²) in [7, 11) is 0. The Kier molecular flexibility index (Phi) is 6.12. The highest BCUT2D eigenvalue weighted by Gasteiger charge is 2.23. The Balaban J connectivity index is 1.34. The Morgan fingerprint density at radius 1 is 1.11 bits per heavy atom. The molecule has 3 heterocycles. The average molecular weight is 496 g/mol. The number of hydrogen-bond donors (Lipinski definition) is 1. The number of anilines is 3. The van der Waals surface area contributed by atoms with Crippen LogP contribution in [0.3, 0.4) is 0 Å². The summed E-state index contributed by atoms with van der Waals surface area (Å²) >= 11 is 5.75. The van der Waals surface area contributed by atoms with Gasteiger partial charge in [-0.15, -0.1) is 5.10 Å². The summed E-state index contributed by atoms with van der Waals surface area (Å²) in [4.78, 5) is 34.3. The second-order valence-electron chi connectivity index (χ2n) is 8.32. The largest absolute Gasteiger partial charge is 0.368 e. The molecule has 5 rings (SSSR count). The van der Waals surface area contributed by atoms with Crippen molar-refractivity contribution >= 4 is 40.3 Å². The summed E-state index contributed by atoms with van der Waals surface area (Å²) in [5.74, 6) is -0.667. The predicted octanol–water partition coefficient (Wildman–Crippen LogP) is 2.96. The number of carbonyl (C=O) groups excluding carboxylic acids is 1. The van der Waals surface area contributed by atoms with Crippen LogP contribution >= 0.6 is 11.6 Å². The molecule has 0 bridgehead atoms. The van der Waals surface area contributed by atoms with Crippen molar-refractivity contribution in [2.45, 2.75) is 13.5 Å². The van der Waals surface area contributed by atoms with E-state index in [2.05, 4.69) is 44.3 Å². The van der Waals surface area contributed by atoms with Gasteiger partial charge in [0.1, 0.15) is 12.4 Å². The number of halogens is 2. The predicted molar refractivity (Wildman–Crippen MR) is 133 cm³/mol. The molecule has 1 N–H and O–H groups in total. The number of fused-ring (bicyclic) bond motifs is 1. The summed E-state index contributed by atoms with van der Waals surface area (Å²) in [6, 6.07) is 12.2. The van der Waals surface area contributed by atoms with E-state index < -0.39 is 17.4 Å². The number of carbonyl (C=O) groups is 1. The molecule has 1 aliphatic rings. The summed E-state index contributed by atoms with van der Waals surface area (Å²) < 4.78 is 16.4. The average Bonchev–Trinajstić information content (AvgIpc) is 3.16. The van der Waals surface area contributed by atoms with Gasteiger partial charge in [-0.05, 0) is 36.8 Å². The minimum atomic E-state index is -0.662. The highest BCUT2D eigenvalue weighted by atomic mass is 35.5. The van der Waals surface area contributed by atoms with Crippen molar-refractivity contribution < 1.29 is 9.18 Å². The van der Waals surface area contributed by atoms with E-state index in [9.17, 15) is 14.0 Å². The molecule has 0 unspecified atom stereocenters. The fourth-order valence-electron chi connectivity index (χ4n) is 4.26. The quantitative estimate of drug-likeness (QED) is 0.458. The third kappa shape index (κ3) is 4.57. The molecule has 1 fully saturated rings. The molecule has 9 nitrogen and oxygen atoms in total. The third-order valence-electron chi connectivity index (χ3n) is 6.02. The Morgan fingerprint density at radius 3 is 2.60 bits per heavy atom. The lowest BCUT2D eigenvalue weighted by atomic mass is 10.1. The van der Waals surface area contributed by atoms with E-state index in [-0.39, 0.29) is 17.3 Å². The lowest BCUT2D eigenvalue weighted by Crippen LogP contribution is -2.47. The first kappa shape index (κ1) is 22.9. The van der Waals surface area contributed by atoms with E-state index in [0.717, 1.165) is 23.8 Å². The number of hydrogen-bond acceptors (Lipinski definition) is 6. The maximum atomic E-state index is 14.0. The van der Waals surface area contributed by atoms with Crippen LogP contribution in [0.25, 0.3) is 5.65 Å². The molecule has 0 radical (unpaired) electrons. The number of rotatable bonds is 5. The van der Waals surface area contributed by atoms with Gasteiger partial charge in [0.25, 0.3) is 0 Å². The molecule has 11 heteroatoms. The fraction of sp³-hybridized carbons (Fsp3) is 0.250. The number of benzene rings is 2. The van der Waals surface area contributed by atoms with Crippen LogP contribution in [-0.4, -0.2) is 51.3 Å². The van der Waals surface area contributed by atoms with Crippen molar-refractivity contribution in [2.24, 2.45) is 0 Å². The molecule has 0 saturated carbocycles. The second kappa shape index (κ2) is 9.38. The first-order valence-corrected chi connectivity index (χ1v) is 11.5. The zero-order chi connectivity index (χ0) is 24.5. The van der Waals surface area contributed by atoms with E-state index in [0.29, 0.717) is 24.6 Å². The van der Waals surface area contributed by atoms with Crippen molar-refractivity contribution in [3.8, 4) is 0 Å². The van der Waals surface area contributed by atoms with Crippen LogP contribution in [0.2, 0.25) is 5.02 Å². The van der Waals surface area contributed by atoms with Crippen LogP contribution in [0, 0.1) is 12.7 Å². The van der Waals surface area contributed by atoms with Gasteiger partial charge in [0, 0.05) is 49.3 Å². The van der Waals surface area contributed by atoms with Crippen molar-refractivity contribution in [1.29, 1.82) is 0 Å². The van der Waals surface area contributed by atoms with E-state index in [1.807, 2.05) is 12.1 Å². The number of aryl methyl sites for hydroxylation is 1. The second-order valence-corrected chi connectivity index (χ2v) is 8.75. The molecule has 2 aromatic heterocycles. The van der Waals surface area contributed by atoms with Crippen molar-refractivity contribution in [1.82, 2.24) is 19.2 Å². The molecule has 2 aromatic carbocycles. The minimum absolute atomic E-state index is 0.0231. The molecule has 0 spiro atoms. The van der Waals surface area contributed by atoms with Crippen LogP contribution in [0.1, 0.15) is 5.56 Å². The zero-order valence-corrected chi connectivity index (χ0v) is 19.7. The van der Waals surface area contributed by atoms with Gasteiger partial charge in [0.2, 0.25) is 11.6 Å². The lowest BCUT2D eigenvalue weighted by molar-refractivity contribution is -0.117.